The van der Waals surface area contributed by atoms with Gasteiger partial charge in [-0.05, 0) is 38.1 Å². The number of hydrogen-bond acceptors (Lipinski definition) is 4. The predicted molar refractivity (Wildman–Crippen MR) is 100 cm³/mol. The van der Waals surface area contributed by atoms with Crippen molar-refractivity contribution in [3.63, 3.8) is 0 Å². The summed E-state index contributed by atoms with van der Waals surface area (Å²) in [5, 5.41) is 0. The molecular formula is C20H27N3O4. The highest BCUT2D eigenvalue weighted by molar-refractivity contribution is 5.94. The third kappa shape index (κ3) is 4.07. The van der Waals surface area contributed by atoms with E-state index in [1.54, 1.807) is 46.1 Å². The molecular weight excluding hydrogens is 346 g/mol. The van der Waals surface area contributed by atoms with Gasteiger partial charge >= 0.3 is 0 Å². The SMILES string of the molecule is COc1ccc(C(=O)N2CCN(C(=O)C3CC(=O)N(C(C)C)C3)CC2)cc1. The minimum atomic E-state index is -0.260. The van der Waals surface area contributed by atoms with Crippen molar-refractivity contribution in [2.75, 3.05) is 39.8 Å². The lowest BCUT2D eigenvalue weighted by atomic mass is 10.1. The van der Waals surface area contributed by atoms with E-state index in [9.17, 15) is 14.4 Å². The van der Waals surface area contributed by atoms with E-state index < -0.39 is 0 Å². The number of likely N-dealkylation sites (tertiary alicyclic amines) is 1. The minimum absolute atomic E-state index is 0.0306. The number of carbonyl (C=O) groups is 3. The molecule has 0 N–H and O–H groups in total. The Morgan fingerprint density at radius 3 is 2.15 bits per heavy atom. The smallest absolute Gasteiger partial charge is 0.253 e. The summed E-state index contributed by atoms with van der Waals surface area (Å²) in [6.07, 6.45) is 0.294. The molecule has 2 heterocycles. The highest BCUT2D eigenvalue weighted by Crippen LogP contribution is 2.23. The summed E-state index contributed by atoms with van der Waals surface area (Å²) in [7, 11) is 1.59. The van der Waals surface area contributed by atoms with Gasteiger partial charge in [-0.15, -0.1) is 0 Å². The molecule has 0 spiro atoms. The molecule has 1 aromatic carbocycles. The van der Waals surface area contributed by atoms with Crippen LogP contribution in [0.1, 0.15) is 30.6 Å². The second-order valence-corrected chi connectivity index (χ2v) is 7.39. The fourth-order valence-corrected chi connectivity index (χ4v) is 3.70. The summed E-state index contributed by atoms with van der Waals surface area (Å²) < 4.78 is 5.12. The molecule has 3 amide bonds. The van der Waals surface area contributed by atoms with Crippen LogP contribution in [0.4, 0.5) is 0 Å². The summed E-state index contributed by atoms with van der Waals surface area (Å²) in [6, 6.07) is 7.16. The maximum atomic E-state index is 12.8. The zero-order valence-electron chi connectivity index (χ0n) is 16.2. The van der Waals surface area contributed by atoms with E-state index in [1.165, 1.54) is 0 Å². The average Bonchev–Trinajstić information content (AvgIpc) is 3.09. The third-order valence-electron chi connectivity index (χ3n) is 5.35. The van der Waals surface area contributed by atoms with E-state index in [0.717, 1.165) is 0 Å². The van der Waals surface area contributed by atoms with E-state index >= 15 is 0 Å². The maximum absolute atomic E-state index is 12.8. The Kier molecular flexibility index (Phi) is 5.68. The Morgan fingerprint density at radius 1 is 1.04 bits per heavy atom. The van der Waals surface area contributed by atoms with Crippen molar-refractivity contribution in [3.05, 3.63) is 29.8 Å². The summed E-state index contributed by atoms with van der Waals surface area (Å²) in [5.74, 6) is 0.499. The number of rotatable bonds is 4. The number of hydrogen-bond donors (Lipinski definition) is 0. The molecule has 2 aliphatic heterocycles. The number of amides is 3. The summed E-state index contributed by atoms with van der Waals surface area (Å²) >= 11 is 0. The molecule has 7 heteroatoms. The summed E-state index contributed by atoms with van der Waals surface area (Å²) in [4.78, 5) is 42.8. The van der Waals surface area contributed by atoms with Gasteiger partial charge in [-0.1, -0.05) is 0 Å². The van der Waals surface area contributed by atoms with Gasteiger partial charge in [0, 0.05) is 50.7 Å². The second kappa shape index (κ2) is 7.98. The molecule has 2 fully saturated rings. The van der Waals surface area contributed by atoms with Gasteiger partial charge in [-0.25, -0.2) is 0 Å². The average molecular weight is 373 g/mol. The van der Waals surface area contributed by atoms with Crippen LogP contribution >= 0.6 is 0 Å². The molecule has 27 heavy (non-hydrogen) atoms. The Labute approximate surface area is 159 Å². The van der Waals surface area contributed by atoms with Crippen LogP contribution < -0.4 is 4.74 Å². The van der Waals surface area contributed by atoms with Crippen LogP contribution in [0.2, 0.25) is 0 Å². The normalized spacial score (nSPS) is 20.4. The van der Waals surface area contributed by atoms with Crippen LogP contribution in [-0.4, -0.2) is 78.3 Å². The number of nitrogens with zero attached hydrogens (tertiary/aromatic N) is 3. The predicted octanol–water partition coefficient (Wildman–Crippen LogP) is 1.24. The number of methoxy groups -OCH3 is 1. The number of benzene rings is 1. The first-order chi connectivity index (χ1) is 12.9. The molecule has 2 aliphatic rings. The van der Waals surface area contributed by atoms with Crippen molar-refractivity contribution in [2.24, 2.45) is 5.92 Å². The lowest BCUT2D eigenvalue weighted by molar-refractivity contribution is -0.137. The fourth-order valence-electron chi connectivity index (χ4n) is 3.70. The van der Waals surface area contributed by atoms with Crippen LogP contribution in [0.3, 0.4) is 0 Å². The number of ether oxygens (including phenoxy) is 1. The van der Waals surface area contributed by atoms with E-state index in [0.29, 0.717) is 50.5 Å². The van der Waals surface area contributed by atoms with Gasteiger partial charge in [0.05, 0.1) is 13.0 Å². The second-order valence-electron chi connectivity index (χ2n) is 7.39. The van der Waals surface area contributed by atoms with Gasteiger partial charge in [0.15, 0.2) is 0 Å². The maximum Gasteiger partial charge on any atom is 0.253 e. The quantitative estimate of drug-likeness (QED) is 0.796. The van der Waals surface area contributed by atoms with Gasteiger partial charge in [0.25, 0.3) is 5.91 Å². The molecule has 3 rings (SSSR count). The molecule has 2 saturated heterocycles. The van der Waals surface area contributed by atoms with Gasteiger partial charge < -0.3 is 19.4 Å². The molecule has 0 saturated carbocycles. The topological polar surface area (TPSA) is 70.2 Å². The number of piperazine rings is 1. The Morgan fingerprint density at radius 2 is 1.63 bits per heavy atom. The van der Waals surface area contributed by atoms with Crippen molar-refractivity contribution >= 4 is 17.7 Å². The van der Waals surface area contributed by atoms with Crippen LogP contribution in [0.5, 0.6) is 5.75 Å². The summed E-state index contributed by atoms with van der Waals surface area (Å²) in [5.41, 5.74) is 0.615. The monoisotopic (exact) mass is 373 g/mol. The van der Waals surface area contributed by atoms with E-state index in [4.69, 9.17) is 4.74 Å². The van der Waals surface area contributed by atoms with Gasteiger partial charge in [-0.3, -0.25) is 14.4 Å². The largest absolute Gasteiger partial charge is 0.497 e. The first-order valence-electron chi connectivity index (χ1n) is 9.42. The third-order valence-corrected chi connectivity index (χ3v) is 5.35. The Hall–Kier alpha value is -2.57. The molecule has 0 aromatic heterocycles. The molecule has 1 aromatic rings. The Balaban J connectivity index is 1.54. The molecule has 0 radical (unpaired) electrons. The van der Waals surface area contributed by atoms with Gasteiger partial charge in [-0.2, -0.15) is 0 Å². The zero-order valence-corrected chi connectivity index (χ0v) is 16.2. The highest BCUT2D eigenvalue weighted by Gasteiger charge is 2.38. The fraction of sp³-hybridized carbons (Fsp3) is 0.550. The molecule has 146 valence electrons. The van der Waals surface area contributed by atoms with Crippen LogP contribution in [-0.2, 0) is 9.59 Å². The first-order valence-corrected chi connectivity index (χ1v) is 9.42. The zero-order chi connectivity index (χ0) is 19.6. The lowest BCUT2D eigenvalue weighted by Gasteiger charge is -2.36. The first kappa shape index (κ1) is 19.2. The standard InChI is InChI=1S/C20H27N3O4/c1-14(2)23-13-16(12-18(23)24)20(26)22-10-8-21(9-11-22)19(25)15-4-6-17(27-3)7-5-15/h4-7,14,16H,8-13H2,1-3H3. The van der Waals surface area contributed by atoms with E-state index in [1.807, 2.05) is 13.8 Å². The van der Waals surface area contributed by atoms with Crippen molar-refractivity contribution in [3.8, 4) is 5.75 Å². The van der Waals surface area contributed by atoms with Crippen molar-refractivity contribution in [1.29, 1.82) is 0 Å². The van der Waals surface area contributed by atoms with Crippen LogP contribution in [0.25, 0.3) is 0 Å². The lowest BCUT2D eigenvalue weighted by Crippen LogP contribution is -2.52. The van der Waals surface area contributed by atoms with Crippen molar-refractivity contribution in [1.82, 2.24) is 14.7 Å². The summed E-state index contributed by atoms with van der Waals surface area (Å²) in [6.45, 7) is 6.46. The van der Waals surface area contributed by atoms with E-state index in [2.05, 4.69) is 0 Å². The molecule has 1 unspecified atom stereocenters. The van der Waals surface area contributed by atoms with E-state index in [-0.39, 0.29) is 29.7 Å². The highest BCUT2D eigenvalue weighted by atomic mass is 16.5. The molecule has 7 nitrogen and oxygen atoms in total. The van der Waals surface area contributed by atoms with Gasteiger partial charge in [0.1, 0.15) is 5.75 Å². The van der Waals surface area contributed by atoms with Crippen molar-refractivity contribution < 1.29 is 19.1 Å². The molecule has 0 aliphatic carbocycles. The van der Waals surface area contributed by atoms with Crippen molar-refractivity contribution in [2.45, 2.75) is 26.3 Å². The van der Waals surface area contributed by atoms with Crippen LogP contribution in [0, 0.1) is 5.92 Å². The van der Waals surface area contributed by atoms with Crippen LogP contribution in [0.15, 0.2) is 24.3 Å². The number of carbonyl (C=O) groups excluding carboxylic acids is 3. The van der Waals surface area contributed by atoms with Gasteiger partial charge in [0.2, 0.25) is 11.8 Å². The molecule has 0 bridgehead atoms. The Bertz CT molecular complexity index is 708. The molecule has 1 atom stereocenters. The minimum Gasteiger partial charge on any atom is -0.497 e.